The fourth-order valence-electron chi connectivity index (χ4n) is 1.71. The molecule has 0 saturated carbocycles. The Balaban J connectivity index is 2.32. The van der Waals surface area contributed by atoms with Crippen LogP contribution in [0.2, 0.25) is 0 Å². The highest BCUT2D eigenvalue weighted by Gasteiger charge is 2.34. The van der Waals surface area contributed by atoms with Crippen molar-refractivity contribution in [3.05, 3.63) is 35.1 Å². The minimum Gasteiger partial charge on any atom is -0.372 e. The van der Waals surface area contributed by atoms with Crippen LogP contribution >= 0.6 is 0 Å². The predicted molar refractivity (Wildman–Crippen MR) is 55.4 cm³/mol. The van der Waals surface area contributed by atoms with Crippen LogP contribution in [0.15, 0.2) is 23.2 Å². The minimum atomic E-state index is -4.55. The number of nitrogens with one attached hydrogen (secondary N) is 1. The first kappa shape index (κ1) is 11.9. The molecule has 0 saturated heterocycles. The standard InChI is InChI=1S/C11H10F4N2/c12-8-2-1-7(5-10-16-3-4-17-10)9(6-8)11(13,14)15/h1-2,6H,3-5H2,(H,16,17). The minimum absolute atomic E-state index is 0.0343. The van der Waals surface area contributed by atoms with Crippen LogP contribution in [0.25, 0.3) is 0 Å². The number of hydrogen-bond acceptors (Lipinski definition) is 2. The van der Waals surface area contributed by atoms with E-state index < -0.39 is 17.6 Å². The fourth-order valence-corrected chi connectivity index (χ4v) is 1.71. The monoisotopic (exact) mass is 246 g/mol. The average molecular weight is 246 g/mol. The largest absolute Gasteiger partial charge is 0.416 e. The second-order valence-electron chi connectivity index (χ2n) is 3.73. The molecule has 1 heterocycles. The van der Waals surface area contributed by atoms with Crippen LogP contribution in [0.3, 0.4) is 0 Å². The van der Waals surface area contributed by atoms with Crippen LogP contribution in [-0.2, 0) is 12.6 Å². The van der Waals surface area contributed by atoms with Crippen LogP contribution < -0.4 is 5.32 Å². The molecule has 0 atom stereocenters. The lowest BCUT2D eigenvalue weighted by molar-refractivity contribution is -0.138. The first-order valence-corrected chi connectivity index (χ1v) is 5.09. The molecule has 1 aromatic carbocycles. The third-order valence-electron chi connectivity index (χ3n) is 2.48. The molecule has 92 valence electrons. The molecule has 17 heavy (non-hydrogen) atoms. The molecule has 0 bridgehead atoms. The van der Waals surface area contributed by atoms with Crippen molar-refractivity contribution in [2.24, 2.45) is 4.99 Å². The van der Waals surface area contributed by atoms with E-state index >= 15 is 0 Å². The van der Waals surface area contributed by atoms with Gasteiger partial charge in [0.1, 0.15) is 11.7 Å². The molecule has 2 rings (SSSR count). The van der Waals surface area contributed by atoms with Gasteiger partial charge in [-0.2, -0.15) is 13.2 Å². The van der Waals surface area contributed by atoms with Gasteiger partial charge in [-0.3, -0.25) is 4.99 Å². The maximum absolute atomic E-state index is 12.8. The Labute approximate surface area is 95.4 Å². The summed E-state index contributed by atoms with van der Waals surface area (Å²) in [5.74, 6) is -0.371. The predicted octanol–water partition coefficient (Wildman–Crippen LogP) is 2.39. The first-order valence-electron chi connectivity index (χ1n) is 5.09. The Morgan fingerprint density at radius 2 is 2.06 bits per heavy atom. The summed E-state index contributed by atoms with van der Waals surface area (Å²) in [4.78, 5) is 4.02. The van der Waals surface area contributed by atoms with Gasteiger partial charge < -0.3 is 5.32 Å². The van der Waals surface area contributed by atoms with Gasteiger partial charge in [0, 0.05) is 13.0 Å². The summed E-state index contributed by atoms with van der Waals surface area (Å²) in [6.07, 6.45) is -4.49. The van der Waals surface area contributed by atoms with Gasteiger partial charge in [0.25, 0.3) is 0 Å². The summed E-state index contributed by atoms with van der Waals surface area (Å²) in [6.45, 7) is 1.20. The number of alkyl halides is 3. The summed E-state index contributed by atoms with van der Waals surface area (Å²) >= 11 is 0. The van der Waals surface area contributed by atoms with E-state index in [9.17, 15) is 17.6 Å². The number of halogens is 4. The van der Waals surface area contributed by atoms with Gasteiger partial charge in [-0.25, -0.2) is 4.39 Å². The molecule has 0 radical (unpaired) electrons. The van der Waals surface area contributed by atoms with Crippen LogP contribution in [0.1, 0.15) is 11.1 Å². The van der Waals surface area contributed by atoms with E-state index in [0.717, 1.165) is 12.1 Å². The number of amidine groups is 1. The fraction of sp³-hybridized carbons (Fsp3) is 0.364. The lowest BCUT2D eigenvalue weighted by Gasteiger charge is -2.13. The Morgan fingerprint density at radius 1 is 1.29 bits per heavy atom. The van der Waals surface area contributed by atoms with E-state index in [1.165, 1.54) is 0 Å². The Morgan fingerprint density at radius 3 is 2.65 bits per heavy atom. The Bertz CT molecular complexity index is 451. The van der Waals surface area contributed by atoms with Crippen LogP contribution in [0.4, 0.5) is 17.6 Å². The summed E-state index contributed by atoms with van der Waals surface area (Å²) in [5, 5.41) is 2.89. The van der Waals surface area contributed by atoms with Gasteiger partial charge in [-0.05, 0) is 17.7 Å². The van der Waals surface area contributed by atoms with Crippen molar-refractivity contribution in [1.82, 2.24) is 5.32 Å². The van der Waals surface area contributed by atoms with E-state index in [1.807, 2.05) is 0 Å². The van der Waals surface area contributed by atoms with E-state index in [1.54, 1.807) is 0 Å². The number of nitrogens with zero attached hydrogens (tertiary/aromatic N) is 1. The molecule has 0 unspecified atom stereocenters. The molecule has 0 amide bonds. The summed E-state index contributed by atoms with van der Waals surface area (Å²) in [6, 6.07) is 2.70. The normalized spacial score (nSPS) is 15.6. The van der Waals surface area contributed by atoms with Crippen molar-refractivity contribution in [3.63, 3.8) is 0 Å². The first-order chi connectivity index (χ1) is 7.97. The van der Waals surface area contributed by atoms with Crippen molar-refractivity contribution in [2.75, 3.05) is 13.1 Å². The number of hydrogen-bond donors (Lipinski definition) is 1. The Hall–Kier alpha value is -1.59. The quantitative estimate of drug-likeness (QED) is 0.796. The average Bonchev–Trinajstić information content (AvgIpc) is 2.72. The molecule has 0 aliphatic carbocycles. The van der Waals surface area contributed by atoms with E-state index in [2.05, 4.69) is 10.3 Å². The van der Waals surface area contributed by atoms with E-state index in [4.69, 9.17) is 0 Å². The molecule has 0 spiro atoms. The molecule has 0 aromatic heterocycles. The van der Waals surface area contributed by atoms with Gasteiger partial charge in [-0.1, -0.05) is 6.07 Å². The molecule has 1 N–H and O–H groups in total. The lowest BCUT2D eigenvalue weighted by Crippen LogP contribution is -2.22. The third-order valence-corrected chi connectivity index (χ3v) is 2.48. The van der Waals surface area contributed by atoms with Gasteiger partial charge in [0.15, 0.2) is 0 Å². The number of aliphatic imine (C=N–C) groups is 1. The molecule has 2 nitrogen and oxygen atoms in total. The highest BCUT2D eigenvalue weighted by atomic mass is 19.4. The van der Waals surface area contributed by atoms with E-state index in [0.29, 0.717) is 25.0 Å². The maximum Gasteiger partial charge on any atom is 0.416 e. The van der Waals surface area contributed by atoms with E-state index in [-0.39, 0.29) is 12.0 Å². The van der Waals surface area contributed by atoms with Gasteiger partial charge >= 0.3 is 6.18 Å². The second kappa shape index (κ2) is 4.35. The number of benzene rings is 1. The molecular formula is C11H10F4N2. The topological polar surface area (TPSA) is 24.4 Å². The Kier molecular flexibility index (Phi) is 3.04. The van der Waals surface area contributed by atoms with Crippen molar-refractivity contribution >= 4 is 5.84 Å². The highest BCUT2D eigenvalue weighted by Crippen LogP contribution is 2.32. The van der Waals surface area contributed by atoms with Gasteiger partial charge in [0.2, 0.25) is 0 Å². The van der Waals surface area contributed by atoms with Crippen molar-refractivity contribution in [2.45, 2.75) is 12.6 Å². The zero-order chi connectivity index (χ0) is 12.5. The summed E-state index contributed by atoms with van der Waals surface area (Å²) in [7, 11) is 0. The zero-order valence-corrected chi connectivity index (χ0v) is 8.81. The van der Waals surface area contributed by atoms with Gasteiger partial charge in [-0.15, -0.1) is 0 Å². The highest BCUT2D eigenvalue weighted by molar-refractivity contribution is 5.86. The number of rotatable bonds is 2. The molecule has 6 heteroatoms. The zero-order valence-electron chi connectivity index (χ0n) is 8.81. The van der Waals surface area contributed by atoms with Crippen LogP contribution in [0, 0.1) is 5.82 Å². The van der Waals surface area contributed by atoms with Crippen molar-refractivity contribution in [1.29, 1.82) is 0 Å². The SMILES string of the molecule is Fc1ccc(CC2=NCCN2)c(C(F)(F)F)c1. The summed E-state index contributed by atoms with van der Waals surface area (Å²) < 4.78 is 50.9. The molecule has 1 aromatic rings. The van der Waals surface area contributed by atoms with Crippen LogP contribution in [0.5, 0.6) is 0 Å². The van der Waals surface area contributed by atoms with Crippen molar-refractivity contribution in [3.8, 4) is 0 Å². The smallest absolute Gasteiger partial charge is 0.372 e. The summed E-state index contributed by atoms with van der Waals surface area (Å²) in [5.41, 5.74) is -0.902. The second-order valence-corrected chi connectivity index (χ2v) is 3.73. The molecular weight excluding hydrogens is 236 g/mol. The van der Waals surface area contributed by atoms with Crippen LogP contribution in [-0.4, -0.2) is 18.9 Å². The van der Waals surface area contributed by atoms with Gasteiger partial charge in [0.05, 0.1) is 12.1 Å². The lowest BCUT2D eigenvalue weighted by atomic mass is 10.0. The van der Waals surface area contributed by atoms with Crippen molar-refractivity contribution < 1.29 is 17.6 Å². The molecule has 1 aliphatic heterocycles. The maximum atomic E-state index is 12.8. The third kappa shape index (κ3) is 2.75. The molecule has 0 fully saturated rings. The molecule has 1 aliphatic rings.